The third-order valence-electron chi connectivity index (χ3n) is 6.01. The van der Waals surface area contributed by atoms with E-state index >= 15 is 0 Å². The maximum absolute atomic E-state index is 12.7. The molecule has 0 bridgehead atoms. The van der Waals surface area contributed by atoms with E-state index in [-0.39, 0.29) is 17.9 Å². The van der Waals surface area contributed by atoms with E-state index in [1.807, 2.05) is 48.5 Å². The minimum atomic E-state index is 0.0759. The van der Waals surface area contributed by atoms with Gasteiger partial charge in [-0.2, -0.15) is 0 Å². The first-order valence-corrected chi connectivity index (χ1v) is 11.2. The molecule has 160 valence electrons. The second-order valence-electron chi connectivity index (χ2n) is 8.34. The first-order valence-electron chi connectivity index (χ1n) is 11.2. The van der Waals surface area contributed by atoms with E-state index in [4.69, 9.17) is 0 Å². The smallest absolute Gasteiger partial charge is 0.223 e. The molecular weight excluding hydrogens is 384 g/mol. The molecule has 1 aromatic heterocycles. The average molecular weight is 415 g/mol. The van der Waals surface area contributed by atoms with E-state index in [9.17, 15) is 4.79 Å². The van der Waals surface area contributed by atoms with Crippen LogP contribution in [0.5, 0.6) is 0 Å². The molecule has 3 aromatic rings. The molecule has 1 atom stereocenters. The van der Waals surface area contributed by atoms with Crippen molar-refractivity contribution >= 4 is 11.7 Å². The Morgan fingerprint density at radius 2 is 1.65 bits per heavy atom. The number of benzene rings is 2. The Kier molecular flexibility index (Phi) is 6.92. The Hall–Kier alpha value is -3.21. The highest BCUT2D eigenvalue weighted by atomic mass is 16.1. The van der Waals surface area contributed by atoms with E-state index in [1.165, 1.54) is 5.56 Å². The molecule has 0 spiro atoms. The van der Waals surface area contributed by atoms with Gasteiger partial charge in [0.2, 0.25) is 5.91 Å². The normalized spacial score (nSPS) is 15.5. The quantitative estimate of drug-likeness (QED) is 0.619. The lowest BCUT2D eigenvalue weighted by Crippen LogP contribution is -2.43. The molecule has 1 aliphatic rings. The molecule has 1 aliphatic heterocycles. The average Bonchev–Trinajstić information content (AvgIpc) is 2.84. The number of aromatic nitrogens is 2. The molecule has 0 radical (unpaired) electrons. The van der Waals surface area contributed by atoms with E-state index < -0.39 is 0 Å². The summed E-state index contributed by atoms with van der Waals surface area (Å²) in [6.45, 7) is 3.76. The van der Waals surface area contributed by atoms with Crippen molar-refractivity contribution in [2.45, 2.75) is 38.6 Å². The van der Waals surface area contributed by atoms with Crippen molar-refractivity contribution in [2.24, 2.45) is 5.92 Å². The van der Waals surface area contributed by atoms with E-state index in [2.05, 4.69) is 51.6 Å². The van der Waals surface area contributed by atoms with Crippen molar-refractivity contribution in [1.82, 2.24) is 15.5 Å². The van der Waals surface area contributed by atoms with Gasteiger partial charge >= 0.3 is 0 Å². The van der Waals surface area contributed by atoms with Crippen LogP contribution in [0.2, 0.25) is 0 Å². The van der Waals surface area contributed by atoms with Gasteiger partial charge in [0.05, 0.1) is 5.69 Å². The summed E-state index contributed by atoms with van der Waals surface area (Å²) in [4.78, 5) is 14.9. The lowest BCUT2D eigenvalue weighted by atomic mass is 9.95. The highest BCUT2D eigenvalue weighted by Crippen LogP contribution is 2.23. The second kappa shape index (κ2) is 10.2. The van der Waals surface area contributed by atoms with Gasteiger partial charge in [0.1, 0.15) is 0 Å². The third kappa shape index (κ3) is 5.69. The van der Waals surface area contributed by atoms with Crippen LogP contribution in [-0.4, -0.2) is 35.2 Å². The largest absolute Gasteiger partial charge is 0.355 e. The maximum atomic E-state index is 12.7. The number of amides is 1. The molecular formula is C26H30N4O. The number of nitrogens with one attached hydrogen (secondary N) is 1. The van der Waals surface area contributed by atoms with Crippen molar-refractivity contribution in [3.63, 3.8) is 0 Å². The molecule has 4 rings (SSSR count). The van der Waals surface area contributed by atoms with Crippen LogP contribution < -0.4 is 10.2 Å². The predicted molar refractivity (Wildman–Crippen MR) is 125 cm³/mol. The molecule has 0 saturated carbocycles. The van der Waals surface area contributed by atoms with Crippen LogP contribution in [0.3, 0.4) is 0 Å². The molecule has 1 N–H and O–H groups in total. The highest BCUT2D eigenvalue weighted by Gasteiger charge is 2.26. The Labute approximate surface area is 184 Å². The molecule has 2 heterocycles. The summed E-state index contributed by atoms with van der Waals surface area (Å²) in [5.41, 5.74) is 3.26. The molecule has 1 saturated heterocycles. The van der Waals surface area contributed by atoms with Gasteiger partial charge < -0.3 is 10.2 Å². The first-order chi connectivity index (χ1) is 15.2. The van der Waals surface area contributed by atoms with Crippen LogP contribution in [0.25, 0.3) is 11.3 Å². The molecule has 31 heavy (non-hydrogen) atoms. The summed E-state index contributed by atoms with van der Waals surface area (Å²) in [6.07, 6.45) is 3.63. The number of hydrogen-bond acceptors (Lipinski definition) is 4. The Morgan fingerprint density at radius 1 is 0.968 bits per heavy atom. The Balaban J connectivity index is 1.24. The zero-order chi connectivity index (χ0) is 21.5. The van der Waals surface area contributed by atoms with Gasteiger partial charge in [-0.1, -0.05) is 60.7 Å². The molecule has 1 unspecified atom stereocenters. The minimum absolute atomic E-state index is 0.0759. The van der Waals surface area contributed by atoms with Gasteiger partial charge in [-0.05, 0) is 50.3 Å². The van der Waals surface area contributed by atoms with Crippen molar-refractivity contribution in [3.05, 3.63) is 78.4 Å². The maximum Gasteiger partial charge on any atom is 0.223 e. The monoisotopic (exact) mass is 414 g/mol. The van der Waals surface area contributed by atoms with E-state index in [1.54, 1.807) is 0 Å². The van der Waals surface area contributed by atoms with Gasteiger partial charge in [-0.3, -0.25) is 4.79 Å². The Bertz CT molecular complexity index is 952. The number of aryl methyl sites for hydroxylation is 1. The second-order valence-corrected chi connectivity index (χ2v) is 8.34. The fourth-order valence-corrected chi connectivity index (χ4v) is 4.09. The van der Waals surface area contributed by atoms with Crippen molar-refractivity contribution < 1.29 is 4.79 Å². The lowest BCUT2D eigenvalue weighted by molar-refractivity contribution is -0.126. The fraction of sp³-hybridized carbons (Fsp3) is 0.346. The van der Waals surface area contributed by atoms with Crippen LogP contribution in [0.15, 0.2) is 72.8 Å². The number of nitrogens with zero attached hydrogens (tertiary/aromatic N) is 3. The summed E-state index contributed by atoms with van der Waals surface area (Å²) in [5, 5.41) is 12.0. The fourth-order valence-electron chi connectivity index (χ4n) is 4.09. The van der Waals surface area contributed by atoms with Crippen LogP contribution in [-0.2, 0) is 11.2 Å². The SMILES string of the molecule is CC(CCc1ccccc1)NC(=O)C1CCN(c2ccc(-c3ccccc3)nn2)CC1. The zero-order valence-electron chi connectivity index (χ0n) is 18.1. The third-order valence-corrected chi connectivity index (χ3v) is 6.01. The van der Waals surface area contributed by atoms with Crippen LogP contribution >= 0.6 is 0 Å². The van der Waals surface area contributed by atoms with Gasteiger partial charge in [0.25, 0.3) is 0 Å². The molecule has 1 amide bonds. The molecule has 5 heteroatoms. The van der Waals surface area contributed by atoms with Crippen LogP contribution in [0, 0.1) is 5.92 Å². The number of hydrogen-bond donors (Lipinski definition) is 1. The first kappa shape index (κ1) is 21.0. The van der Waals surface area contributed by atoms with Crippen LogP contribution in [0.4, 0.5) is 5.82 Å². The van der Waals surface area contributed by atoms with E-state index in [0.29, 0.717) is 0 Å². The summed E-state index contributed by atoms with van der Waals surface area (Å²) in [5.74, 6) is 1.15. The number of piperidine rings is 1. The van der Waals surface area contributed by atoms with Crippen LogP contribution in [0.1, 0.15) is 31.7 Å². The summed E-state index contributed by atoms with van der Waals surface area (Å²) < 4.78 is 0. The standard InChI is InChI=1S/C26H30N4O/c1-20(12-13-21-8-4-2-5-9-21)27-26(31)23-16-18-30(19-17-23)25-15-14-24(28-29-25)22-10-6-3-7-11-22/h2-11,14-15,20,23H,12-13,16-19H2,1H3,(H,27,31). The molecule has 5 nitrogen and oxygen atoms in total. The number of anilines is 1. The van der Waals surface area contributed by atoms with Gasteiger partial charge in [-0.15, -0.1) is 10.2 Å². The van der Waals surface area contributed by atoms with E-state index in [0.717, 1.165) is 55.8 Å². The number of carbonyl (C=O) groups is 1. The number of carbonyl (C=O) groups excluding carboxylic acids is 1. The summed E-state index contributed by atoms with van der Waals surface area (Å²) in [7, 11) is 0. The summed E-state index contributed by atoms with van der Waals surface area (Å²) in [6, 6.07) is 24.7. The highest BCUT2D eigenvalue weighted by molar-refractivity contribution is 5.79. The van der Waals surface area contributed by atoms with Gasteiger partial charge in [0.15, 0.2) is 5.82 Å². The summed E-state index contributed by atoms with van der Waals surface area (Å²) >= 11 is 0. The van der Waals surface area contributed by atoms with Gasteiger partial charge in [0, 0.05) is 30.6 Å². The van der Waals surface area contributed by atoms with Crippen molar-refractivity contribution in [2.75, 3.05) is 18.0 Å². The number of rotatable bonds is 7. The topological polar surface area (TPSA) is 58.1 Å². The molecule has 0 aliphatic carbocycles. The molecule has 1 fully saturated rings. The zero-order valence-corrected chi connectivity index (χ0v) is 18.1. The Morgan fingerprint density at radius 3 is 2.29 bits per heavy atom. The minimum Gasteiger partial charge on any atom is -0.355 e. The lowest BCUT2D eigenvalue weighted by Gasteiger charge is -2.32. The van der Waals surface area contributed by atoms with Crippen molar-refractivity contribution in [3.8, 4) is 11.3 Å². The van der Waals surface area contributed by atoms with Crippen molar-refractivity contribution in [1.29, 1.82) is 0 Å². The molecule has 2 aromatic carbocycles. The van der Waals surface area contributed by atoms with Gasteiger partial charge in [-0.25, -0.2) is 0 Å². The predicted octanol–water partition coefficient (Wildman–Crippen LogP) is 4.50.